The van der Waals surface area contributed by atoms with Crippen LogP contribution in [0.2, 0.25) is 0 Å². The summed E-state index contributed by atoms with van der Waals surface area (Å²) in [6.45, 7) is 8.44. The zero-order chi connectivity index (χ0) is 23.4. The number of nitriles is 1. The van der Waals surface area contributed by atoms with Crippen LogP contribution in [0.3, 0.4) is 0 Å². The average Bonchev–Trinajstić information content (AvgIpc) is 3.31. The maximum absolute atomic E-state index is 12.8. The second-order valence-corrected chi connectivity index (χ2v) is 7.87. The first-order chi connectivity index (χ1) is 15.3. The van der Waals surface area contributed by atoms with Gasteiger partial charge in [-0.1, -0.05) is 0 Å². The van der Waals surface area contributed by atoms with Crippen molar-refractivity contribution in [3.8, 4) is 11.8 Å². The molecule has 1 aromatic carbocycles. The molecule has 8 nitrogen and oxygen atoms in total. The number of hydrogen-bond donors (Lipinski definition) is 2. The fourth-order valence-corrected chi connectivity index (χ4v) is 3.93. The highest BCUT2D eigenvalue weighted by molar-refractivity contribution is 6.02. The summed E-state index contributed by atoms with van der Waals surface area (Å²) in [5.41, 5.74) is 4.48. The van der Waals surface area contributed by atoms with Crippen molar-refractivity contribution in [2.24, 2.45) is 0 Å². The molecule has 0 radical (unpaired) electrons. The Kier molecular flexibility index (Phi) is 7.01. The van der Waals surface area contributed by atoms with E-state index in [2.05, 4.69) is 26.8 Å². The number of carbonyl (C=O) groups is 1. The van der Waals surface area contributed by atoms with Gasteiger partial charge in [0.15, 0.2) is 0 Å². The van der Waals surface area contributed by atoms with Gasteiger partial charge in [-0.3, -0.25) is 4.79 Å². The SMILES string of the molecule is COCC(C)n1c(C)cc(/C=C(\C#N)C(=O)NC(C)c2nc3ccc(OC)cc3[nH]2)c1C. The molecule has 2 aromatic heterocycles. The average molecular weight is 436 g/mol. The van der Waals surface area contributed by atoms with Crippen LogP contribution in [-0.2, 0) is 9.53 Å². The molecular weight excluding hydrogens is 406 g/mol. The molecule has 0 aliphatic carbocycles. The highest BCUT2D eigenvalue weighted by Gasteiger charge is 2.19. The molecule has 0 bridgehead atoms. The molecule has 0 aliphatic rings. The molecule has 2 atom stereocenters. The topological polar surface area (TPSA) is 105 Å². The fourth-order valence-electron chi connectivity index (χ4n) is 3.93. The summed E-state index contributed by atoms with van der Waals surface area (Å²) in [5.74, 6) is 0.870. The van der Waals surface area contributed by atoms with Gasteiger partial charge in [0.2, 0.25) is 0 Å². The summed E-state index contributed by atoms with van der Waals surface area (Å²) in [7, 11) is 3.27. The van der Waals surface area contributed by atoms with E-state index in [4.69, 9.17) is 9.47 Å². The Bertz CT molecular complexity index is 1200. The third-order valence-corrected chi connectivity index (χ3v) is 5.50. The van der Waals surface area contributed by atoms with Crippen molar-refractivity contribution in [2.75, 3.05) is 20.8 Å². The van der Waals surface area contributed by atoms with Crippen LogP contribution in [0.25, 0.3) is 17.1 Å². The predicted octanol–water partition coefficient (Wildman–Crippen LogP) is 3.98. The smallest absolute Gasteiger partial charge is 0.262 e. The van der Waals surface area contributed by atoms with Crippen molar-refractivity contribution in [1.29, 1.82) is 5.26 Å². The summed E-state index contributed by atoms with van der Waals surface area (Å²) < 4.78 is 12.7. The van der Waals surface area contributed by atoms with Crippen LogP contribution in [0.5, 0.6) is 5.75 Å². The lowest BCUT2D eigenvalue weighted by molar-refractivity contribution is -0.117. The Labute approximate surface area is 187 Å². The van der Waals surface area contributed by atoms with E-state index < -0.39 is 11.9 Å². The van der Waals surface area contributed by atoms with E-state index in [9.17, 15) is 10.1 Å². The molecule has 0 spiro atoms. The van der Waals surface area contributed by atoms with Gasteiger partial charge < -0.3 is 24.3 Å². The lowest BCUT2D eigenvalue weighted by atomic mass is 10.1. The standard InChI is InChI=1S/C24H29N5O3/c1-14-9-18(17(4)29(14)15(2)13-31-5)10-19(12-25)24(30)26-16(3)23-27-21-8-7-20(32-6)11-22(21)28-23/h7-11,15-16H,13H2,1-6H3,(H,26,30)(H,27,28)/b19-10+. The zero-order valence-electron chi connectivity index (χ0n) is 19.3. The first-order valence-electron chi connectivity index (χ1n) is 10.4. The Morgan fingerprint density at radius 1 is 1.31 bits per heavy atom. The number of hydrogen-bond acceptors (Lipinski definition) is 5. The van der Waals surface area contributed by atoms with Gasteiger partial charge in [-0.15, -0.1) is 0 Å². The van der Waals surface area contributed by atoms with E-state index in [-0.39, 0.29) is 11.6 Å². The lowest BCUT2D eigenvalue weighted by Crippen LogP contribution is -2.28. The van der Waals surface area contributed by atoms with Gasteiger partial charge in [-0.05, 0) is 57.5 Å². The first kappa shape index (κ1) is 23.1. The summed E-state index contributed by atoms with van der Waals surface area (Å²) >= 11 is 0. The van der Waals surface area contributed by atoms with Crippen molar-refractivity contribution >= 4 is 23.0 Å². The number of imidazole rings is 1. The maximum Gasteiger partial charge on any atom is 0.262 e. The van der Waals surface area contributed by atoms with Gasteiger partial charge in [0, 0.05) is 24.6 Å². The van der Waals surface area contributed by atoms with Crippen LogP contribution < -0.4 is 10.1 Å². The zero-order valence-corrected chi connectivity index (χ0v) is 19.3. The van der Waals surface area contributed by atoms with E-state index in [1.165, 1.54) is 0 Å². The molecule has 0 aliphatic heterocycles. The Morgan fingerprint density at radius 3 is 2.72 bits per heavy atom. The number of fused-ring (bicyclic) bond motifs is 1. The minimum atomic E-state index is -0.451. The molecule has 3 aromatic rings. The molecule has 8 heteroatoms. The number of carbonyl (C=O) groups excluding carboxylic acids is 1. The lowest BCUT2D eigenvalue weighted by Gasteiger charge is -2.17. The molecular formula is C24H29N5O3. The number of H-pyrrole nitrogens is 1. The molecule has 32 heavy (non-hydrogen) atoms. The highest BCUT2D eigenvalue weighted by Crippen LogP contribution is 2.24. The molecule has 2 heterocycles. The number of amides is 1. The molecule has 0 saturated carbocycles. The van der Waals surface area contributed by atoms with Gasteiger partial charge in [0.05, 0.1) is 36.8 Å². The maximum atomic E-state index is 12.8. The number of nitrogens with one attached hydrogen (secondary N) is 2. The largest absolute Gasteiger partial charge is 0.497 e. The number of ether oxygens (including phenoxy) is 2. The van der Waals surface area contributed by atoms with Crippen LogP contribution in [0.1, 0.15) is 48.7 Å². The van der Waals surface area contributed by atoms with Gasteiger partial charge in [-0.2, -0.15) is 5.26 Å². The quantitative estimate of drug-likeness (QED) is 0.411. The summed E-state index contributed by atoms with van der Waals surface area (Å²) in [4.78, 5) is 20.6. The van der Waals surface area contributed by atoms with Crippen LogP contribution in [0.15, 0.2) is 29.8 Å². The van der Waals surface area contributed by atoms with Crippen molar-refractivity contribution in [3.63, 3.8) is 0 Å². The van der Waals surface area contributed by atoms with Gasteiger partial charge in [-0.25, -0.2) is 4.98 Å². The molecule has 3 rings (SSSR count). The minimum Gasteiger partial charge on any atom is -0.497 e. The van der Waals surface area contributed by atoms with Gasteiger partial charge >= 0.3 is 0 Å². The number of nitrogens with zero attached hydrogens (tertiary/aromatic N) is 3. The summed E-state index contributed by atoms with van der Waals surface area (Å²) in [5, 5.41) is 12.5. The van der Waals surface area contributed by atoms with Crippen LogP contribution in [0, 0.1) is 25.2 Å². The molecule has 168 valence electrons. The van der Waals surface area contributed by atoms with Gasteiger partial charge in [0.25, 0.3) is 5.91 Å². The number of aromatic nitrogens is 3. The number of aromatic amines is 1. The highest BCUT2D eigenvalue weighted by atomic mass is 16.5. The molecule has 2 N–H and O–H groups in total. The predicted molar refractivity (Wildman–Crippen MR) is 123 cm³/mol. The summed E-state index contributed by atoms with van der Waals surface area (Å²) in [6, 6.07) is 9.27. The number of rotatable bonds is 8. The van der Waals surface area contributed by atoms with E-state index in [0.29, 0.717) is 12.4 Å². The van der Waals surface area contributed by atoms with E-state index >= 15 is 0 Å². The van der Waals surface area contributed by atoms with Crippen molar-refractivity contribution in [1.82, 2.24) is 19.9 Å². The first-order valence-corrected chi connectivity index (χ1v) is 10.4. The monoisotopic (exact) mass is 435 g/mol. The third kappa shape index (κ3) is 4.68. The van der Waals surface area contributed by atoms with Crippen LogP contribution in [-0.4, -0.2) is 41.3 Å². The molecule has 0 fully saturated rings. The second-order valence-electron chi connectivity index (χ2n) is 7.87. The number of aryl methyl sites for hydroxylation is 1. The minimum absolute atomic E-state index is 0.0364. The van der Waals surface area contributed by atoms with E-state index in [1.807, 2.05) is 51.1 Å². The molecule has 0 saturated heterocycles. The second kappa shape index (κ2) is 9.71. The fraction of sp³-hybridized carbons (Fsp3) is 0.375. The Hall–Kier alpha value is -3.57. The normalized spacial score (nSPS) is 13.6. The van der Waals surface area contributed by atoms with E-state index in [0.717, 1.165) is 33.7 Å². The number of benzene rings is 1. The van der Waals surface area contributed by atoms with Crippen LogP contribution >= 0.6 is 0 Å². The Morgan fingerprint density at radius 2 is 2.06 bits per heavy atom. The van der Waals surface area contributed by atoms with Gasteiger partial charge in [0.1, 0.15) is 23.2 Å². The number of methoxy groups -OCH3 is 2. The van der Waals surface area contributed by atoms with Crippen molar-refractivity contribution < 1.29 is 14.3 Å². The van der Waals surface area contributed by atoms with Crippen LogP contribution in [0.4, 0.5) is 0 Å². The third-order valence-electron chi connectivity index (χ3n) is 5.50. The van der Waals surface area contributed by atoms with Crippen molar-refractivity contribution in [2.45, 2.75) is 39.8 Å². The molecule has 1 amide bonds. The summed E-state index contributed by atoms with van der Waals surface area (Å²) in [6.07, 6.45) is 1.63. The van der Waals surface area contributed by atoms with Crippen molar-refractivity contribution in [3.05, 3.63) is 52.6 Å². The van der Waals surface area contributed by atoms with E-state index in [1.54, 1.807) is 20.3 Å². The molecule has 2 unspecified atom stereocenters. The Balaban J connectivity index is 1.81.